The van der Waals surface area contributed by atoms with Gasteiger partial charge in [0.05, 0.1) is 31.7 Å². The Bertz CT molecular complexity index is 432. The minimum atomic E-state index is -3.34. The molecule has 0 aliphatic rings. The topological polar surface area (TPSA) is 54.0 Å². The average molecular weight is 358 g/mol. The van der Waals surface area contributed by atoms with Crippen LogP contribution in [0.4, 0.5) is 0 Å². The van der Waals surface area contributed by atoms with E-state index < -0.39 is 7.60 Å². The molecule has 0 aliphatic carbocycles. The van der Waals surface area contributed by atoms with Gasteiger partial charge < -0.3 is 18.5 Å². The van der Waals surface area contributed by atoms with Crippen LogP contribution in [0.1, 0.15) is 39.5 Å². The van der Waals surface area contributed by atoms with Gasteiger partial charge >= 0.3 is 7.60 Å². The van der Waals surface area contributed by atoms with E-state index in [1.165, 1.54) is 0 Å². The van der Waals surface area contributed by atoms with Crippen molar-refractivity contribution in [3.8, 4) is 0 Å². The van der Waals surface area contributed by atoms with Crippen molar-refractivity contribution in [3.05, 3.63) is 30.3 Å². The Morgan fingerprint density at radius 3 is 1.71 bits per heavy atom. The molecular formula is C18H31O5P. The van der Waals surface area contributed by atoms with E-state index in [1.807, 2.05) is 18.2 Å². The van der Waals surface area contributed by atoms with Crippen LogP contribution in [0, 0.1) is 0 Å². The zero-order chi connectivity index (χ0) is 17.5. The second-order valence-corrected chi connectivity index (χ2v) is 7.46. The molecular weight excluding hydrogens is 327 g/mol. The molecule has 6 heteroatoms. The Hall–Kier alpha value is -0.710. The van der Waals surface area contributed by atoms with Crippen molar-refractivity contribution in [2.24, 2.45) is 0 Å². The van der Waals surface area contributed by atoms with Gasteiger partial charge in [-0.15, -0.1) is 0 Å². The van der Waals surface area contributed by atoms with Crippen molar-refractivity contribution in [1.29, 1.82) is 0 Å². The standard InChI is InChI=1S/C18H31O5P/c1-3-5-12-20-14-16-22-24(19,18-10-8-7-9-11-18)23-17-15-21-13-6-4-2/h7-11H,3-6,12-17H2,1-2H3. The van der Waals surface area contributed by atoms with Gasteiger partial charge in [-0.1, -0.05) is 44.9 Å². The fourth-order valence-electron chi connectivity index (χ4n) is 1.93. The summed E-state index contributed by atoms with van der Waals surface area (Å²) in [7, 11) is -3.34. The summed E-state index contributed by atoms with van der Waals surface area (Å²) in [5.74, 6) is 0. The molecule has 0 unspecified atom stereocenters. The quantitative estimate of drug-likeness (QED) is 0.348. The second kappa shape index (κ2) is 13.6. The van der Waals surface area contributed by atoms with Crippen LogP contribution in [-0.2, 0) is 23.1 Å². The van der Waals surface area contributed by atoms with Crippen LogP contribution in [0.15, 0.2) is 30.3 Å². The molecule has 1 aromatic rings. The average Bonchev–Trinajstić information content (AvgIpc) is 2.62. The lowest BCUT2D eigenvalue weighted by molar-refractivity contribution is 0.0748. The first-order valence-electron chi connectivity index (χ1n) is 8.83. The number of rotatable bonds is 15. The summed E-state index contributed by atoms with van der Waals surface area (Å²) in [6.45, 7) is 6.92. The van der Waals surface area contributed by atoms with Gasteiger partial charge in [-0.25, -0.2) is 0 Å². The Labute approximate surface area is 146 Å². The van der Waals surface area contributed by atoms with Crippen molar-refractivity contribution in [2.75, 3.05) is 39.6 Å². The summed E-state index contributed by atoms with van der Waals surface area (Å²) >= 11 is 0. The van der Waals surface area contributed by atoms with Crippen molar-refractivity contribution >= 4 is 12.9 Å². The monoisotopic (exact) mass is 358 g/mol. The summed E-state index contributed by atoms with van der Waals surface area (Å²) in [6.07, 6.45) is 4.21. The highest BCUT2D eigenvalue weighted by Gasteiger charge is 2.27. The number of hydrogen-bond acceptors (Lipinski definition) is 5. The smallest absolute Gasteiger partial charge is 0.361 e. The van der Waals surface area contributed by atoms with Crippen LogP contribution in [0.3, 0.4) is 0 Å². The first kappa shape index (κ1) is 21.3. The van der Waals surface area contributed by atoms with E-state index >= 15 is 0 Å². The maximum Gasteiger partial charge on any atom is 0.361 e. The molecule has 5 nitrogen and oxygen atoms in total. The SMILES string of the molecule is CCCCOCCOP(=O)(OCCOCCCC)c1ccccc1. The van der Waals surface area contributed by atoms with Crippen molar-refractivity contribution in [1.82, 2.24) is 0 Å². The Balaban J connectivity index is 2.43. The molecule has 0 heterocycles. The molecule has 0 amide bonds. The highest BCUT2D eigenvalue weighted by molar-refractivity contribution is 7.62. The lowest BCUT2D eigenvalue weighted by atomic mass is 10.4. The third kappa shape index (κ3) is 8.95. The fraction of sp³-hybridized carbons (Fsp3) is 0.667. The predicted octanol–water partition coefficient (Wildman–Crippen LogP) is 4.17. The summed E-state index contributed by atoms with van der Waals surface area (Å²) < 4.78 is 35.1. The summed E-state index contributed by atoms with van der Waals surface area (Å²) in [6, 6.07) is 9.04. The van der Waals surface area contributed by atoms with E-state index in [4.69, 9.17) is 18.5 Å². The maximum atomic E-state index is 13.0. The maximum absolute atomic E-state index is 13.0. The number of hydrogen-bond donors (Lipinski definition) is 0. The van der Waals surface area contributed by atoms with Crippen LogP contribution >= 0.6 is 7.60 Å². The summed E-state index contributed by atoms with van der Waals surface area (Å²) in [4.78, 5) is 0. The van der Waals surface area contributed by atoms with Crippen LogP contribution in [0.5, 0.6) is 0 Å². The molecule has 0 radical (unpaired) electrons. The minimum absolute atomic E-state index is 0.243. The third-order valence-corrected chi connectivity index (χ3v) is 5.31. The van der Waals surface area contributed by atoms with Crippen LogP contribution in [0.25, 0.3) is 0 Å². The Morgan fingerprint density at radius 1 is 0.750 bits per heavy atom. The van der Waals surface area contributed by atoms with Crippen molar-refractivity contribution in [3.63, 3.8) is 0 Å². The van der Waals surface area contributed by atoms with Gasteiger partial charge in [0.1, 0.15) is 0 Å². The van der Waals surface area contributed by atoms with Crippen molar-refractivity contribution < 1.29 is 23.1 Å². The van der Waals surface area contributed by atoms with Gasteiger partial charge in [0.15, 0.2) is 0 Å². The minimum Gasteiger partial charge on any atom is -0.379 e. The van der Waals surface area contributed by atoms with Gasteiger partial charge in [0, 0.05) is 13.2 Å². The Kier molecular flexibility index (Phi) is 12.1. The zero-order valence-electron chi connectivity index (χ0n) is 14.9. The number of ether oxygens (including phenoxy) is 2. The second-order valence-electron chi connectivity index (χ2n) is 5.43. The van der Waals surface area contributed by atoms with Crippen molar-refractivity contribution in [2.45, 2.75) is 39.5 Å². The highest BCUT2D eigenvalue weighted by atomic mass is 31.2. The van der Waals surface area contributed by atoms with Crippen LogP contribution in [0.2, 0.25) is 0 Å². The molecule has 0 N–H and O–H groups in total. The first-order chi connectivity index (χ1) is 11.7. The van der Waals surface area contributed by atoms with Crippen LogP contribution < -0.4 is 5.30 Å². The number of unbranched alkanes of at least 4 members (excludes halogenated alkanes) is 2. The lowest BCUT2D eigenvalue weighted by Gasteiger charge is -2.19. The van der Waals surface area contributed by atoms with Gasteiger partial charge in [-0.3, -0.25) is 4.57 Å². The van der Waals surface area contributed by atoms with E-state index in [-0.39, 0.29) is 13.2 Å². The molecule has 24 heavy (non-hydrogen) atoms. The summed E-state index contributed by atoms with van der Waals surface area (Å²) in [5, 5.41) is 0.562. The van der Waals surface area contributed by atoms with Gasteiger partial charge in [0.25, 0.3) is 0 Å². The molecule has 0 fully saturated rings. The largest absolute Gasteiger partial charge is 0.379 e. The molecule has 0 saturated heterocycles. The van der Waals surface area contributed by atoms with E-state index in [9.17, 15) is 4.57 Å². The zero-order valence-corrected chi connectivity index (χ0v) is 15.8. The molecule has 0 spiro atoms. The van der Waals surface area contributed by atoms with Crippen LogP contribution in [-0.4, -0.2) is 39.6 Å². The molecule has 1 rings (SSSR count). The normalized spacial score (nSPS) is 11.8. The Morgan fingerprint density at radius 2 is 1.25 bits per heavy atom. The molecule has 138 valence electrons. The van der Waals surface area contributed by atoms with Gasteiger partial charge in [0.2, 0.25) is 0 Å². The molecule has 0 saturated carbocycles. The van der Waals surface area contributed by atoms with Gasteiger partial charge in [-0.2, -0.15) is 0 Å². The third-order valence-electron chi connectivity index (χ3n) is 3.33. The number of benzene rings is 1. The van der Waals surface area contributed by atoms with E-state index in [0.29, 0.717) is 31.7 Å². The lowest BCUT2D eigenvalue weighted by Crippen LogP contribution is -2.15. The van der Waals surface area contributed by atoms with Gasteiger partial charge in [-0.05, 0) is 25.0 Å². The predicted molar refractivity (Wildman–Crippen MR) is 97.0 cm³/mol. The fourth-order valence-corrected chi connectivity index (χ4v) is 3.47. The molecule has 1 aromatic carbocycles. The first-order valence-corrected chi connectivity index (χ1v) is 10.4. The highest BCUT2D eigenvalue weighted by Crippen LogP contribution is 2.46. The molecule has 0 aliphatic heterocycles. The summed E-state index contributed by atoms with van der Waals surface area (Å²) in [5.41, 5.74) is 0. The van der Waals surface area contributed by atoms with E-state index in [1.54, 1.807) is 12.1 Å². The molecule has 0 bridgehead atoms. The molecule has 0 atom stereocenters. The van der Waals surface area contributed by atoms with E-state index in [2.05, 4.69) is 13.8 Å². The molecule has 0 aromatic heterocycles. The van der Waals surface area contributed by atoms with E-state index in [0.717, 1.165) is 25.7 Å².